The van der Waals surface area contributed by atoms with E-state index in [1.807, 2.05) is 30.3 Å². The van der Waals surface area contributed by atoms with Crippen molar-refractivity contribution in [1.29, 1.82) is 0 Å². The Bertz CT molecular complexity index is 798. The summed E-state index contributed by atoms with van der Waals surface area (Å²) in [6.07, 6.45) is 0. The molecule has 3 rings (SSSR count). The van der Waals surface area contributed by atoms with Gasteiger partial charge in [-0.1, -0.05) is 45.7 Å². The van der Waals surface area contributed by atoms with Crippen molar-refractivity contribution >= 4 is 50.2 Å². The molecule has 0 aliphatic rings. The van der Waals surface area contributed by atoms with Crippen LogP contribution in [-0.2, 0) is 5.88 Å². The number of hydrogen-bond donors (Lipinski definition) is 0. The number of fused-ring (bicyclic) bond motifs is 1. The highest BCUT2D eigenvalue weighted by atomic mass is 79.9. The number of aromatic nitrogens is 2. The maximum atomic E-state index is 6.38. The minimum atomic E-state index is 0.0983. The first-order valence-corrected chi connectivity index (χ1v) is 8.29. The molecule has 2 nitrogen and oxygen atoms in total. The Labute approximate surface area is 141 Å². The molecule has 1 unspecified atom stereocenters. The van der Waals surface area contributed by atoms with Crippen LogP contribution in [0.1, 0.15) is 24.4 Å². The van der Waals surface area contributed by atoms with Gasteiger partial charge in [-0.2, -0.15) is 0 Å². The molecule has 1 atom stereocenters. The first-order valence-electron chi connectivity index (χ1n) is 6.58. The molecular formula is C16H13BrCl2N2. The van der Waals surface area contributed by atoms with Crippen LogP contribution in [0.5, 0.6) is 0 Å². The summed E-state index contributed by atoms with van der Waals surface area (Å²) in [5.74, 6) is 1.18. The van der Waals surface area contributed by atoms with Crippen molar-refractivity contribution in [3.63, 3.8) is 0 Å². The van der Waals surface area contributed by atoms with E-state index in [1.165, 1.54) is 5.56 Å². The van der Waals surface area contributed by atoms with Crippen LogP contribution in [0.25, 0.3) is 11.0 Å². The maximum absolute atomic E-state index is 6.38. The molecule has 108 valence electrons. The van der Waals surface area contributed by atoms with Gasteiger partial charge in [-0.3, -0.25) is 0 Å². The zero-order valence-electron chi connectivity index (χ0n) is 11.4. The van der Waals surface area contributed by atoms with Crippen molar-refractivity contribution in [3.8, 4) is 0 Å². The molecule has 3 aromatic rings. The van der Waals surface area contributed by atoms with E-state index in [-0.39, 0.29) is 6.04 Å². The van der Waals surface area contributed by atoms with Gasteiger partial charge in [0.1, 0.15) is 5.82 Å². The predicted molar refractivity (Wildman–Crippen MR) is 92.3 cm³/mol. The molecule has 0 aliphatic heterocycles. The summed E-state index contributed by atoms with van der Waals surface area (Å²) < 4.78 is 3.17. The normalized spacial score (nSPS) is 12.8. The molecule has 21 heavy (non-hydrogen) atoms. The highest BCUT2D eigenvalue weighted by Gasteiger charge is 2.18. The number of benzene rings is 2. The predicted octanol–water partition coefficient (Wildman–Crippen LogP) is 5.80. The molecule has 0 radical (unpaired) electrons. The van der Waals surface area contributed by atoms with E-state index in [4.69, 9.17) is 23.2 Å². The quantitative estimate of drug-likeness (QED) is 0.522. The lowest BCUT2D eigenvalue weighted by atomic mass is 10.1. The Hall–Kier alpha value is -1.03. The van der Waals surface area contributed by atoms with Gasteiger partial charge in [-0.05, 0) is 36.8 Å². The zero-order valence-corrected chi connectivity index (χ0v) is 14.5. The van der Waals surface area contributed by atoms with Gasteiger partial charge in [-0.25, -0.2) is 4.98 Å². The summed E-state index contributed by atoms with van der Waals surface area (Å²) in [5, 5.41) is 0.693. The third kappa shape index (κ3) is 2.70. The van der Waals surface area contributed by atoms with Gasteiger partial charge in [0.05, 0.1) is 28.0 Å². The van der Waals surface area contributed by atoms with Crippen LogP contribution in [0.2, 0.25) is 5.02 Å². The van der Waals surface area contributed by atoms with E-state index in [2.05, 4.69) is 44.5 Å². The van der Waals surface area contributed by atoms with Crippen molar-refractivity contribution in [2.24, 2.45) is 0 Å². The van der Waals surface area contributed by atoms with Gasteiger partial charge in [0.15, 0.2) is 0 Å². The second-order valence-electron chi connectivity index (χ2n) is 4.87. The van der Waals surface area contributed by atoms with Gasteiger partial charge in [0.2, 0.25) is 0 Å². The van der Waals surface area contributed by atoms with Crippen molar-refractivity contribution in [2.45, 2.75) is 18.8 Å². The lowest BCUT2D eigenvalue weighted by Crippen LogP contribution is -2.10. The molecule has 1 heterocycles. The molecule has 0 spiro atoms. The van der Waals surface area contributed by atoms with Crippen LogP contribution in [0.3, 0.4) is 0 Å². The van der Waals surface area contributed by atoms with Crippen LogP contribution in [0.15, 0.2) is 46.9 Å². The highest BCUT2D eigenvalue weighted by Crippen LogP contribution is 2.31. The fourth-order valence-electron chi connectivity index (χ4n) is 2.58. The number of halogens is 3. The smallest absolute Gasteiger partial charge is 0.125 e. The summed E-state index contributed by atoms with van der Waals surface area (Å²) in [6, 6.07) is 14.1. The fraction of sp³-hybridized carbons (Fsp3) is 0.188. The van der Waals surface area contributed by atoms with E-state index in [0.29, 0.717) is 10.9 Å². The molecule has 5 heteroatoms. The van der Waals surface area contributed by atoms with Gasteiger partial charge >= 0.3 is 0 Å². The van der Waals surface area contributed by atoms with Gasteiger partial charge in [0, 0.05) is 4.47 Å². The molecule has 0 N–H and O–H groups in total. The first-order chi connectivity index (χ1) is 10.1. The molecule has 1 aromatic heterocycles. The average molecular weight is 384 g/mol. The lowest BCUT2D eigenvalue weighted by Gasteiger charge is -2.18. The van der Waals surface area contributed by atoms with E-state index in [9.17, 15) is 0 Å². The summed E-state index contributed by atoms with van der Waals surface area (Å²) in [6.45, 7) is 2.13. The lowest BCUT2D eigenvalue weighted by molar-refractivity contribution is 0.633. The van der Waals surface area contributed by atoms with Crippen molar-refractivity contribution in [2.75, 3.05) is 0 Å². The Morgan fingerprint density at radius 2 is 2.00 bits per heavy atom. The molecule has 0 amide bonds. The van der Waals surface area contributed by atoms with Crippen LogP contribution in [0.4, 0.5) is 0 Å². The Balaban J connectivity index is 2.23. The number of para-hydroxylation sites is 1. The second-order valence-corrected chi connectivity index (χ2v) is 6.46. The number of alkyl halides is 1. The second kappa shape index (κ2) is 5.99. The largest absolute Gasteiger partial charge is 0.318 e. The monoisotopic (exact) mass is 382 g/mol. The Kier molecular flexibility index (Phi) is 4.25. The average Bonchev–Trinajstić information content (AvgIpc) is 2.86. The van der Waals surface area contributed by atoms with Crippen molar-refractivity contribution in [1.82, 2.24) is 9.55 Å². The zero-order chi connectivity index (χ0) is 15.0. The SMILES string of the molecule is CC(c1cccc(Br)c1)n1c(CCl)nc2cccc(Cl)c21. The Morgan fingerprint density at radius 3 is 2.71 bits per heavy atom. The van der Waals surface area contributed by atoms with Crippen LogP contribution < -0.4 is 0 Å². The molecule has 0 fully saturated rings. The van der Waals surface area contributed by atoms with Gasteiger partial charge < -0.3 is 4.57 Å². The molecule has 0 bridgehead atoms. The summed E-state index contributed by atoms with van der Waals surface area (Å²) in [4.78, 5) is 4.60. The molecule has 0 saturated carbocycles. The van der Waals surface area contributed by atoms with E-state index >= 15 is 0 Å². The summed E-state index contributed by atoms with van der Waals surface area (Å²) in [7, 11) is 0. The summed E-state index contributed by atoms with van der Waals surface area (Å²) >= 11 is 16.0. The number of nitrogens with zero attached hydrogens (tertiary/aromatic N) is 2. The molecule has 0 saturated heterocycles. The van der Waals surface area contributed by atoms with Crippen molar-refractivity contribution < 1.29 is 0 Å². The van der Waals surface area contributed by atoms with Gasteiger partial charge in [0.25, 0.3) is 0 Å². The van der Waals surface area contributed by atoms with Crippen LogP contribution in [0, 0.1) is 0 Å². The van der Waals surface area contributed by atoms with E-state index in [0.717, 1.165) is 21.3 Å². The third-order valence-corrected chi connectivity index (χ3v) is 4.61. The topological polar surface area (TPSA) is 17.8 Å². The highest BCUT2D eigenvalue weighted by molar-refractivity contribution is 9.10. The first kappa shape index (κ1) is 14.9. The van der Waals surface area contributed by atoms with Crippen LogP contribution in [-0.4, -0.2) is 9.55 Å². The fourth-order valence-corrected chi connectivity index (χ4v) is 3.45. The minimum absolute atomic E-state index is 0.0983. The standard InChI is InChI=1S/C16H13BrCl2N2/c1-10(11-4-2-5-12(17)8-11)21-15(9-18)20-14-7-3-6-13(19)16(14)21/h2-8,10H,9H2,1H3. The van der Waals surface area contributed by atoms with E-state index in [1.54, 1.807) is 0 Å². The number of imidazole rings is 1. The molecule has 0 aliphatic carbocycles. The van der Waals surface area contributed by atoms with Crippen molar-refractivity contribution in [3.05, 3.63) is 63.3 Å². The number of hydrogen-bond acceptors (Lipinski definition) is 1. The molecular weight excluding hydrogens is 371 g/mol. The third-order valence-electron chi connectivity index (χ3n) is 3.57. The molecule has 2 aromatic carbocycles. The summed E-state index contributed by atoms with van der Waals surface area (Å²) in [5.41, 5.74) is 2.98. The maximum Gasteiger partial charge on any atom is 0.125 e. The van der Waals surface area contributed by atoms with Gasteiger partial charge in [-0.15, -0.1) is 11.6 Å². The minimum Gasteiger partial charge on any atom is -0.318 e. The van der Waals surface area contributed by atoms with E-state index < -0.39 is 0 Å². The Morgan fingerprint density at radius 1 is 1.24 bits per heavy atom. The number of rotatable bonds is 3. The van der Waals surface area contributed by atoms with Crippen LogP contribution >= 0.6 is 39.1 Å².